The van der Waals surface area contributed by atoms with Gasteiger partial charge in [-0.1, -0.05) is 17.8 Å². The third kappa shape index (κ3) is 3.35. The summed E-state index contributed by atoms with van der Waals surface area (Å²) in [5, 5.41) is 11.3. The molecule has 0 bridgehead atoms. The van der Waals surface area contributed by atoms with Gasteiger partial charge in [-0.2, -0.15) is 0 Å². The summed E-state index contributed by atoms with van der Waals surface area (Å²) in [6.45, 7) is 3.75. The van der Waals surface area contributed by atoms with Crippen molar-refractivity contribution >= 4 is 29.0 Å². The second kappa shape index (κ2) is 6.83. The SMILES string of the molecule is CC(Sc1nnc(Cc2cccs2)n1C)C(=O)N1CCCC1. The van der Waals surface area contributed by atoms with Gasteiger partial charge in [-0.05, 0) is 31.2 Å². The van der Waals surface area contributed by atoms with Crippen LogP contribution < -0.4 is 0 Å². The average molecular weight is 336 g/mol. The second-order valence-electron chi connectivity index (χ2n) is 5.51. The fraction of sp³-hybridized carbons (Fsp3) is 0.533. The van der Waals surface area contributed by atoms with Crippen molar-refractivity contribution in [3.05, 3.63) is 28.2 Å². The van der Waals surface area contributed by atoms with Gasteiger partial charge in [-0.15, -0.1) is 21.5 Å². The van der Waals surface area contributed by atoms with Crippen LogP contribution in [0.2, 0.25) is 0 Å². The van der Waals surface area contributed by atoms with E-state index >= 15 is 0 Å². The topological polar surface area (TPSA) is 51.0 Å². The van der Waals surface area contributed by atoms with E-state index < -0.39 is 0 Å². The summed E-state index contributed by atoms with van der Waals surface area (Å²) in [7, 11) is 1.97. The molecule has 1 unspecified atom stereocenters. The van der Waals surface area contributed by atoms with Gasteiger partial charge in [0.15, 0.2) is 5.16 Å². The summed E-state index contributed by atoms with van der Waals surface area (Å²) in [6, 6.07) is 4.15. The molecule has 1 amide bonds. The summed E-state index contributed by atoms with van der Waals surface area (Å²) >= 11 is 3.22. The van der Waals surface area contributed by atoms with E-state index in [2.05, 4.69) is 21.6 Å². The molecule has 2 aromatic heterocycles. The Morgan fingerprint density at radius 2 is 2.18 bits per heavy atom. The second-order valence-corrected chi connectivity index (χ2v) is 7.85. The van der Waals surface area contributed by atoms with E-state index in [1.807, 2.05) is 29.5 Å². The minimum Gasteiger partial charge on any atom is -0.342 e. The van der Waals surface area contributed by atoms with Crippen molar-refractivity contribution < 1.29 is 4.79 Å². The summed E-state index contributed by atoms with van der Waals surface area (Å²) in [5.74, 6) is 1.15. The number of thioether (sulfide) groups is 1. The van der Waals surface area contributed by atoms with Crippen LogP contribution in [-0.4, -0.2) is 43.9 Å². The molecular weight excluding hydrogens is 316 g/mol. The Balaban J connectivity index is 1.65. The van der Waals surface area contributed by atoms with Crippen molar-refractivity contribution in [2.75, 3.05) is 13.1 Å². The van der Waals surface area contributed by atoms with Crippen molar-refractivity contribution in [2.24, 2.45) is 7.05 Å². The van der Waals surface area contributed by atoms with Crippen LogP contribution in [0.15, 0.2) is 22.7 Å². The first kappa shape index (κ1) is 15.6. The highest BCUT2D eigenvalue weighted by molar-refractivity contribution is 8.00. The molecule has 22 heavy (non-hydrogen) atoms. The van der Waals surface area contributed by atoms with E-state index in [1.165, 1.54) is 16.6 Å². The van der Waals surface area contributed by atoms with Crippen molar-refractivity contribution in [2.45, 2.75) is 36.6 Å². The monoisotopic (exact) mass is 336 g/mol. The maximum Gasteiger partial charge on any atom is 0.235 e. The van der Waals surface area contributed by atoms with Crippen molar-refractivity contribution in [1.29, 1.82) is 0 Å². The number of hydrogen-bond acceptors (Lipinski definition) is 5. The Hall–Kier alpha value is -1.34. The molecule has 1 aliphatic rings. The molecule has 118 valence electrons. The zero-order valence-electron chi connectivity index (χ0n) is 12.9. The van der Waals surface area contributed by atoms with Crippen molar-refractivity contribution in [3.8, 4) is 0 Å². The van der Waals surface area contributed by atoms with E-state index in [1.54, 1.807) is 11.3 Å². The number of thiophene rings is 1. The molecule has 3 heterocycles. The lowest BCUT2D eigenvalue weighted by Crippen LogP contribution is -2.34. The predicted molar refractivity (Wildman–Crippen MR) is 89.3 cm³/mol. The average Bonchev–Trinajstić information content (AvgIpc) is 3.25. The van der Waals surface area contributed by atoms with E-state index in [0.717, 1.165) is 43.3 Å². The van der Waals surface area contributed by atoms with Gasteiger partial charge in [0, 0.05) is 31.4 Å². The Kier molecular flexibility index (Phi) is 4.83. The molecule has 5 nitrogen and oxygen atoms in total. The van der Waals surface area contributed by atoms with Crippen LogP contribution in [-0.2, 0) is 18.3 Å². The van der Waals surface area contributed by atoms with E-state index in [0.29, 0.717) is 0 Å². The number of rotatable bonds is 5. The van der Waals surface area contributed by atoms with Crippen LogP contribution >= 0.6 is 23.1 Å². The molecule has 1 aliphatic heterocycles. The third-order valence-corrected chi connectivity index (χ3v) is 5.88. The molecule has 0 spiro atoms. The smallest absolute Gasteiger partial charge is 0.235 e. The lowest BCUT2D eigenvalue weighted by Gasteiger charge is -2.19. The first-order valence-electron chi connectivity index (χ1n) is 7.51. The molecule has 3 rings (SSSR count). The summed E-state index contributed by atoms with van der Waals surface area (Å²) < 4.78 is 2.00. The maximum atomic E-state index is 12.4. The van der Waals surface area contributed by atoms with E-state index in [9.17, 15) is 4.79 Å². The van der Waals surface area contributed by atoms with Crippen molar-refractivity contribution in [1.82, 2.24) is 19.7 Å². The number of likely N-dealkylation sites (tertiary alicyclic amines) is 1. The summed E-state index contributed by atoms with van der Waals surface area (Å²) in [6.07, 6.45) is 3.03. The third-order valence-electron chi connectivity index (χ3n) is 3.89. The normalized spacial score (nSPS) is 16.2. The Labute approximate surface area is 138 Å². The molecule has 2 aromatic rings. The number of hydrogen-bond donors (Lipinski definition) is 0. The number of nitrogens with zero attached hydrogens (tertiary/aromatic N) is 4. The van der Waals surface area contributed by atoms with Crippen LogP contribution in [0.5, 0.6) is 0 Å². The Morgan fingerprint density at radius 1 is 1.41 bits per heavy atom. The number of carbonyl (C=O) groups is 1. The van der Waals surface area contributed by atoms with Gasteiger partial charge in [0.25, 0.3) is 0 Å². The molecule has 7 heteroatoms. The molecule has 0 aromatic carbocycles. The molecule has 0 aliphatic carbocycles. The molecule has 1 fully saturated rings. The van der Waals surface area contributed by atoms with Gasteiger partial charge in [0.1, 0.15) is 5.82 Å². The van der Waals surface area contributed by atoms with Crippen LogP contribution in [0, 0.1) is 0 Å². The fourth-order valence-electron chi connectivity index (χ4n) is 2.57. The lowest BCUT2D eigenvalue weighted by molar-refractivity contribution is -0.129. The quantitative estimate of drug-likeness (QED) is 0.788. The minimum atomic E-state index is -0.115. The zero-order valence-corrected chi connectivity index (χ0v) is 14.5. The Bertz CT molecular complexity index is 632. The van der Waals surface area contributed by atoms with Gasteiger partial charge in [0.05, 0.1) is 5.25 Å². The molecule has 0 N–H and O–H groups in total. The number of carbonyl (C=O) groups excluding carboxylic acids is 1. The van der Waals surface area contributed by atoms with Gasteiger partial charge in [-0.25, -0.2) is 0 Å². The van der Waals surface area contributed by atoms with Gasteiger partial charge >= 0.3 is 0 Å². The number of amides is 1. The number of aromatic nitrogens is 3. The minimum absolute atomic E-state index is 0.115. The zero-order chi connectivity index (χ0) is 15.5. The van der Waals surface area contributed by atoms with Gasteiger partial charge in [0.2, 0.25) is 5.91 Å². The standard InChI is InChI=1S/C15H20N4OS2/c1-11(14(20)19-7-3-4-8-19)22-15-17-16-13(18(15)2)10-12-6-5-9-21-12/h5-6,9,11H,3-4,7-8,10H2,1-2H3. The van der Waals surface area contributed by atoms with Crippen LogP contribution in [0.3, 0.4) is 0 Å². The van der Waals surface area contributed by atoms with Crippen LogP contribution in [0.1, 0.15) is 30.5 Å². The lowest BCUT2D eigenvalue weighted by atomic mass is 10.3. The van der Waals surface area contributed by atoms with Gasteiger partial charge in [-0.3, -0.25) is 4.79 Å². The highest BCUT2D eigenvalue weighted by Gasteiger charge is 2.25. The molecule has 0 radical (unpaired) electrons. The first-order chi connectivity index (χ1) is 10.6. The molecule has 1 atom stereocenters. The predicted octanol–water partition coefficient (Wildman–Crippen LogP) is 2.57. The fourth-order valence-corrected chi connectivity index (χ4v) is 4.19. The summed E-state index contributed by atoms with van der Waals surface area (Å²) in [5.41, 5.74) is 0. The molecule has 0 saturated carbocycles. The summed E-state index contributed by atoms with van der Waals surface area (Å²) in [4.78, 5) is 15.6. The highest BCUT2D eigenvalue weighted by Crippen LogP contribution is 2.25. The molecule has 1 saturated heterocycles. The van der Waals surface area contributed by atoms with Crippen LogP contribution in [0.4, 0.5) is 0 Å². The molecular formula is C15H20N4OS2. The largest absolute Gasteiger partial charge is 0.342 e. The first-order valence-corrected chi connectivity index (χ1v) is 9.27. The Morgan fingerprint density at radius 3 is 2.86 bits per heavy atom. The highest BCUT2D eigenvalue weighted by atomic mass is 32.2. The van der Waals surface area contributed by atoms with Gasteiger partial charge < -0.3 is 9.47 Å². The maximum absolute atomic E-state index is 12.4. The van der Waals surface area contributed by atoms with E-state index in [4.69, 9.17) is 0 Å². The van der Waals surface area contributed by atoms with E-state index in [-0.39, 0.29) is 11.2 Å². The van der Waals surface area contributed by atoms with Crippen LogP contribution in [0.25, 0.3) is 0 Å². The van der Waals surface area contributed by atoms with Crippen molar-refractivity contribution in [3.63, 3.8) is 0 Å².